The molecule has 0 bridgehead atoms. The van der Waals surface area contributed by atoms with E-state index < -0.39 is 18.2 Å². The summed E-state index contributed by atoms with van der Waals surface area (Å²) in [5, 5.41) is 0. The standard InChI is InChI=1S/C21H24O5/c1-3-24-20(23)19(16(2)22)21(25-14-17-10-6-4-7-11-17)26-15-18-12-8-5-9-13-18/h4-13,19,21H,3,14-15H2,1-2H3. The molecule has 1 unspecified atom stereocenters. The highest BCUT2D eigenvalue weighted by Gasteiger charge is 2.35. The predicted molar refractivity (Wildman–Crippen MR) is 97.1 cm³/mol. The van der Waals surface area contributed by atoms with Crippen LogP contribution in [0, 0.1) is 5.92 Å². The molecule has 0 saturated heterocycles. The minimum atomic E-state index is -1.12. The normalized spacial score (nSPS) is 12.0. The molecule has 0 heterocycles. The van der Waals surface area contributed by atoms with Gasteiger partial charge in [-0.1, -0.05) is 60.7 Å². The van der Waals surface area contributed by atoms with Crippen molar-refractivity contribution in [3.05, 3.63) is 71.8 Å². The number of esters is 1. The van der Waals surface area contributed by atoms with Crippen molar-refractivity contribution >= 4 is 11.8 Å². The molecule has 0 aliphatic heterocycles. The summed E-state index contributed by atoms with van der Waals surface area (Å²) in [4.78, 5) is 24.3. The first kappa shape index (κ1) is 19.8. The van der Waals surface area contributed by atoms with Crippen molar-refractivity contribution in [3.63, 3.8) is 0 Å². The molecule has 138 valence electrons. The summed E-state index contributed by atoms with van der Waals surface area (Å²) in [5.74, 6) is -2.11. The molecular formula is C21H24O5. The number of rotatable bonds is 10. The van der Waals surface area contributed by atoms with Crippen LogP contribution < -0.4 is 0 Å². The Kier molecular flexibility index (Phi) is 7.99. The molecule has 1 atom stereocenters. The summed E-state index contributed by atoms with van der Waals surface area (Å²) in [6.45, 7) is 3.67. The maximum atomic E-state index is 12.2. The van der Waals surface area contributed by atoms with Crippen molar-refractivity contribution in [2.75, 3.05) is 6.61 Å². The van der Waals surface area contributed by atoms with Crippen molar-refractivity contribution in [2.45, 2.75) is 33.4 Å². The van der Waals surface area contributed by atoms with E-state index in [0.717, 1.165) is 11.1 Å². The van der Waals surface area contributed by atoms with Crippen LogP contribution >= 0.6 is 0 Å². The van der Waals surface area contributed by atoms with Crippen molar-refractivity contribution < 1.29 is 23.8 Å². The van der Waals surface area contributed by atoms with Gasteiger partial charge in [-0.25, -0.2) is 0 Å². The first-order valence-electron chi connectivity index (χ1n) is 8.60. The van der Waals surface area contributed by atoms with Crippen molar-refractivity contribution in [1.29, 1.82) is 0 Å². The second kappa shape index (κ2) is 10.5. The average Bonchev–Trinajstić information content (AvgIpc) is 2.65. The Labute approximate surface area is 153 Å². The van der Waals surface area contributed by atoms with E-state index in [1.807, 2.05) is 60.7 Å². The third-order valence-corrected chi connectivity index (χ3v) is 3.76. The van der Waals surface area contributed by atoms with Gasteiger partial charge in [0, 0.05) is 0 Å². The van der Waals surface area contributed by atoms with Gasteiger partial charge in [0.25, 0.3) is 0 Å². The molecule has 0 aromatic heterocycles. The monoisotopic (exact) mass is 356 g/mol. The van der Waals surface area contributed by atoms with Gasteiger partial charge in [0.2, 0.25) is 0 Å². The SMILES string of the molecule is CCOC(=O)C(C(C)=O)C(OCc1ccccc1)OCc1ccccc1. The van der Waals surface area contributed by atoms with E-state index in [2.05, 4.69) is 0 Å². The van der Waals surface area contributed by atoms with Crippen LogP contribution in [0.25, 0.3) is 0 Å². The fraction of sp³-hybridized carbons (Fsp3) is 0.333. The van der Waals surface area contributed by atoms with Gasteiger partial charge in [0.15, 0.2) is 12.2 Å². The Morgan fingerprint density at radius 3 is 1.69 bits per heavy atom. The van der Waals surface area contributed by atoms with Gasteiger partial charge in [0.1, 0.15) is 5.78 Å². The maximum Gasteiger partial charge on any atom is 0.321 e. The van der Waals surface area contributed by atoms with Crippen LogP contribution in [0.15, 0.2) is 60.7 Å². The van der Waals surface area contributed by atoms with Crippen LogP contribution in [0.3, 0.4) is 0 Å². The summed E-state index contributed by atoms with van der Waals surface area (Å²) in [7, 11) is 0. The lowest BCUT2D eigenvalue weighted by atomic mass is 10.0. The Bertz CT molecular complexity index is 641. The Hall–Kier alpha value is -2.50. The molecular weight excluding hydrogens is 332 g/mol. The highest BCUT2D eigenvalue weighted by Crippen LogP contribution is 2.18. The van der Waals surface area contributed by atoms with E-state index in [-0.39, 0.29) is 25.6 Å². The molecule has 2 aromatic rings. The van der Waals surface area contributed by atoms with E-state index in [1.54, 1.807) is 6.92 Å². The number of carbonyl (C=O) groups excluding carboxylic acids is 2. The molecule has 5 nitrogen and oxygen atoms in total. The lowest BCUT2D eigenvalue weighted by molar-refractivity contribution is -0.200. The maximum absolute atomic E-state index is 12.2. The fourth-order valence-electron chi connectivity index (χ4n) is 2.45. The third kappa shape index (κ3) is 6.10. The van der Waals surface area contributed by atoms with Crippen molar-refractivity contribution in [3.8, 4) is 0 Å². The molecule has 0 spiro atoms. The first-order valence-corrected chi connectivity index (χ1v) is 8.60. The fourth-order valence-corrected chi connectivity index (χ4v) is 2.45. The molecule has 0 amide bonds. The highest BCUT2D eigenvalue weighted by atomic mass is 16.7. The van der Waals surface area contributed by atoms with Gasteiger partial charge in [-0.05, 0) is 25.0 Å². The van der Waals surface area contributed by atoms with Crippen LogP contribution in [0.4, 0.5) is 0 Å². The molecule has 0 saturated carbocycles. The largest absolute Gasteiger partial charge is 0.465 e. The molecule has 2 aromatic carbocycles. The number of benzene rings is 2. The Morgan fingerprint density at radius 2 is 1.31 bits per heavy atom. The number of ether oxygens (including phenoxy) is 3. The smallest absolute Gasteiger partial charge is 0.321 e. The van der Waals surface area contributed by atoms with Gasteiger partial charge in [-0.2, -0.15) is 0 Å². The van der Waals surface area contributed by atoms with E-state index in [1.165, 1.54) is 6.92 Å². The summed E-state index contributed by atoms with van der Waals surface area (Å²) in [6.07, 6.45) is -1.02. The molecule has 0 N–H and O–H groups in total. The zero-order valence-electron chi connectivity index (χ0n) is 15.1. The first-order chi connectivity index (χ1) is 12.6. The highest BCUT2D eigenvalue weighted by molar-refractivity contribution is 5.98. The molecule has 0 radical (unpaired) electrons. The molecule has 26 heavy (non-hydrogen) atoms. The van der Waals surface area contributed by atoms with Crippen LogP contribution in [-0.4, -0.2) is 24.6 Å². The van der Waals surface area contributed by atoms with Crippen LogP contribution in [0.1, 0.15) is 25.0 Å². The number of hydrogen-bond acceptors (Lipinski definition) is 5. The molecule has 5 heteroatoms. The molecule has 0 aliphatic rings. The summed E-state index contributed by atoms with van der Waals surface area (Å²) in [5.41, 5.74) is 1.85. The van der Waals surface area contributed by atoms with E-state index >= 15 is 0 Å². The minimum absolute atomic E-state index is 0.187. The molecule has 0 fully saturated rings. The molecule has 0 aliphatic carbocycles. The second-order valence-corrected chi connectivity index (χ2v) is 5.80. The summed E-state index contributed by atoms with van der Waals surface area (Å²) < 4.78 is 16.6. The minimum Gasteiger partial charge on any atom is -0.465 e. The third-order valence-electron chi connectivity index (χ3n) is 3.76. The Morgan fingerprint density at radius 1 is 0.846 bits per heavy atom. The van der Waals surface area contributed by atoms with E-state index in [9.17, 15) is 9.59 Å². The topological polar surface area (TPSA) is 61.8 Å². The van der Waals surface area contributed by atoms with Crippen molar-refractivity contribution in [2.24, 2.45) is 5.92 Å². The van der Waals surface area contributed by atoms with Gasteiger partial charge in [-0.3, -0.25) is 9.59 Å². The summed E-state index contributed by atoms with van der Waals surface area (Å²) >= 11 is 0. The zero-order valence-corrected chi connectivity index (χ0v) is 15.1. The predicted octanol–water partition coefficient (Wildman–Crippen LogP) is 3.51. The van der Waals surface area contributed by atoms with E-state index in [0.29, 0.717) is 0 Å². The number of hydrogen-bond donors (Lipinski definition) is 0. The van der Waals surface area contributed by atoms with Gasteiger partial charge in [0.05, 0.1) is 19.8 Å². The Balaban J connectivity index is 2.12. The van der Waals surface area contributed by atoms with Crippen LogP contribution in [0.5, 0.6) is 0 Å². The summed E-state index contributed by atoms with van der Waals surface area (Å²) in [6, 6.07) is 19.0. The zero-order chi connectivity index (χ0) is 18.8. The van der Waals surface area contributed by atoms with Gasteiger partial charge >= 0.3 is 5.97 Å². The number of carbonyl (C=O) groups is 2. The lowest BCUT2D eigenvalue weighted by Gasteiger charge is -2.24. The average molecular weight is 356 g/mol. The second-order valence-electron chi connectivity index (χ2n) is 5.80. The quantitative estimate of drug-likeness (QED) is 0.370. The van der Waals surface area contributed by atoms with Crippen LogP contribution in [0.2, 0.25) is 0 Å². The molecule has 2 rings (SSSR count). The number of Topliss-reactive ketones (excluding diaryl/α,β-unsaturated/α-hetero) is 1. The van der Waals surface area contributed by atoms with Crippen LogP contribution in [-0.2, 0) is 37.0 Å². The van der Waals surface area contributed by atoms with Crippen molar-refractivity contribution in [1.82, 2.24) is 0 Å². The van der Waals surface area contributed by atoms with Gasteiger partial charge < -0.3 is 14.2 Å². The lowest BCUT2D eigenvalue weighted by Crippen LogP contribution is -2.38. The number of ketones is 1. The van der Waals surface area contributed by atoms with E-state index in [4.69, 9.17) is 14.2 Å². The van der Waals surface area contributed by atoms with Gasteiger partial charge in [-0.15, -0.1) is 0 Å².